The molecule has 6 nitrogen and oxygen atoms in total. The molecule has 2 aliphatic rings. The molecule has 0 spiro atoms. The highest BCUT2D eigenvalue weighted by atomic mass is 16.2. The van der Waals surface area contributed by atoms with Gasteiger partial charge in [-0.15, -0.1) is 0 Å². The first-order valence-corrected chi connectivity index (χ1v) is 9.34. The number of hydrogen-bond acceptors (Lipinski definition) is 4. The Hall–Kier alpha value is -2.76. The molecule has 0 atom stereocenters. The van der Waals surface area contributed by atoms with E-state index in [0.29, 0.717) is 12.0 Å². The van der Waals surface area contributed by atoms with Crippen LogP contribution in [0.25, 0.3) is 0 Å². The maximum atomic E-state index is 12.5. The van der Waals surface area contributed by atoms with Crippen LogP contribution < -0.4 is 0 Å². The van der Waals surface area contributed by atoms with Crippen LogP contribution in [0.1, 0.15) is 53.6 Å². The molecule has 6 heteroatoms. The van der Waals surface area contributed by atoms with E-state index >= 15 is 0 Å². The summed E-state index contributed by atoms with van der Waals surface area (Å²) in [5.41, 5.74) is 3.66. The smallest absolute Gasteiger partial charge is 0.292 e. The number of hydrogen-bond donors (Lipinski definition) is 0. The highest BCUT2D eigenvalue weighted by molar-refractivity contribution is 6.45. The van der Waals surface area contributed by atoms with Crippen LogP contribution in [-0.2, 0) is 9.59 Å². The Morgan fingerprint density at radius 1 is 1.00 bits per heavy atom. The summed E-state index contributed by atoms with van der Waals surface area (Å²) in [6, 6.07) is 4.53. The van der Waals surface area contributed by atoms with Crippen molar-refractivity contribution in [1.82, 2.24) is 9.80 Å². The molecule has 4 amide bonds. The van der Waals surface area contributed by atoms with E-state index in [1.165, 1.54) is 5.57 Å². The fourth-order valence-corrected chi connectivity index (χ4v) is 3.42. The second-order valence-corrected chi connectivity index (χ2v) is 7.21. The Morgan fingerprint density at radius 3 is 2.41 bits per heavy atom. The van der Waals surface area contributed by atoms with E-state index in [1.807, 2.05) is 19.9 Å². The number of carbonyl (C=O) groups is 4. The average Bonchev–Trinajstić information content (AvgIpc) is 2.86. The van der Waals surface area contributed by atoms with Gasteiger partial charge < -0.3 is 0 Å². The molecule has 1 fully saturated rings. The second kappa shape index (κ2) is 7.86. The molecule has 1 aromatic carbocycles. The number of Topliss-reactive ketones (excluding diaryl/α,β-unsaturated/α-hetero) is 1. The van der Waals surface area contributed by atoms with E-state index in [-0.39, 0.29) is 12.3 Å². The summed E-state index contributed by atoms with van der Waals surface area (Å²) in [7, 11) is 0. The average molecular weight is 368 g/mol. The minimum Gasteiger partial charge on any atom is -0.292 e. The Morgan fingerprint density at radius 2 is 1.74 bits per heavy atom. The summed E-state index contributed by atoms with van der Waals surface area (Å²) >= 11 is 0. The minimum absolute atomic E-state index is 0.184. The van der Waals surface area contributed by atoms with E-state index in [9.17, 15) is 19.2 Å². The molecule has 27 heavy (non-hydrogen) atoms. The van der Waals surface area contributed by atoms with Crippen LogP contribution in [0.15, 0.2) is 29.8 Å². The first-order chi connectivity index (χ1) is 12.9. The van der Waals surface area contributed by atoms with Gasteiger partial charge in [0, 0.05) is 12.1 Å². The molecule has 0 N–H and O–H groups in total. The topological polar surface area (TPSA) is 74.8 Å². The third-order valence-electron chi connectivity index (χ3n) is 5.31. The van der Waals surface area contributed by atoms with Gasteiger partial charge in [0.2, 0.25) is 0 Å². The number of amides is 4. The number of ketones is 1. The Balaban J connectivity index is 1.67. The van der Waals surface area contributed by atoms with Gasteiger partial charge in [0.25, 0.3) is 0 Å². The van der Waals surface area contributed by atoms with E-state index < -0.39 is 24.4 Å². The number of nitrogens with zero attached hydrogens (tertiary/aromatic N) is 2. The van der Waals surface area contributed by atoms with Crippen molar-refractivity contribution in [2.75, 3.05) is 13.1 Å². The van der Waals surface area contributed by atoms with Crippen molar-refractivity contribution in [2.24, 2.45) is 0 Å². The standard InChI is InChI=1S/C21H24N2O4/c1-14-8-9-17(12-15(14)2)18(24)13-23-20(26)19(25)22(21(23)27)11-10-16-6-4-3-5-7-16/h6,8-9,12H,3-5,7,10-11,13H2,1-2H3. The van der Waals surface area contributed by atoms with Crippen LogP contribution in [0.3, 0.4) is 0 Å². The van der Waals surface area contributed by atoms with Crippen LogP contribution in [0.4, 0.5) is 4.79 Å². The fourth-order valence-electron chi connectivity index (χ4n) is 3.42. The second-order valence-electron chi connectivity index (χ2n) is 7.21. The Labute approximate surface area is 158 Å². The van der Waals surface area contributed by atoms with Crippen LogP contribution >= 0.6 is 0 Å². The van der Waals surface area contributed by atoms with Gasteiger partial charge >= 0.3 is 17.8 Å². The van der Waals surface area contributed by atoms with Crippen molar-refractivity contribution < 1.29 is 19.2 Å². The molecule has 1 aliphatic carbocycles. The molecule has 0 radical (unpaired) electrons. The normalized spacial score (nSPS) is 17.6. The molecule has 1 aliphatic heterocycles. The summed E-state index contributed by atoms with van der Waals surface area (Å²) in [5, 5.41) is 0. The zero-order valence-electron chi connectivity index (χ0n) is 15.8. The number of rotatable bonds is 6. The van der Waals surface area contributed by atoms with Gasteiger partial charge in [-0.1, -0.05) is 23.8 Å². The van der Waals surface area contributed by atoms with Gasteiger partial charge in [-0.3, -0.25) is 19.3 Å². The van der Waals surface area contributed by atoms with Crippen LogP contribution in [0, 0.1) is 13.8 Å². The van der Waals surface area contributed by atoms with E-state index in [0.717, 1.165) is 46.6 Å². The number of allylic oxidation sites excluding steroid dienone is 1. The highest BCUT2D eigenvalue weighted by Gasteiger charge is 2.44. The zero-order chi connectivity index (χ0) is 19.6. The molecular weight excluding hydrogens is 344 g/mol. The first kappa shape index (κ1) is 19.0. The molecule has 142 valence electrons. The summed E-state index contributed by atoms with van der Waals surface area (Å²) in [6.45, 7) is 3.60. The number of benzene rings is 1. The van der Waals surface area contributed by atoms with Crippen molar-refractivity contribution in [3.63, 3.8) is 0 Å². The lowest BCUT2D eigenvalue weighted by Crippen LogP contribution is -2.37. The molecular formula is C21H24N2O4. The summed E-state index contributed by atoms with van der Waals surface area (Å²) in [4.78, 5) is 51.1. The highest BCUT2D eigenvalue weighted by Crippen LogP contribution is 2.22. The molecule has 0 saturated carbocycles. The molecule has 1 saturated heterocycles. The maximum Gasteiger partial charge on any atom is 0.334 e. The molecule has 1 heterocycles. The molecule has 3 rings (SSSR count). The molecule has 0 aromatic heterocycles. The summed E-state index contributed by atoms with van der Waals surface area (Å²) < 4.78 is 0. The van der Waals surface area contributed by atoms with Crippen molar-refractivity contribution in [3.05, 3.63) is 46.5 Å². The van der Waals surface area contributed by atoms with Gasteiger partial charge in [0.05, 0.1) is 6.54 Å². The van der Waals surface area contributed by atoms with Gasteiger partial charge in [-0.25, -0.2) is 9.69 Å². The lowest BCUT2D eigenvalue weighted by atomic mass is 9.97. The summed E-state index contributed by atoms with van der Waals surface area (Å²) in [6.07, 6.45) is 7.01. The van der Waals surface area contributed by atoms with Crippen molar-refractivity contribution >= 4 is 23.6 Å². The van der Waals surface area contributed by atoms with Crippen LogP contribution in [0.2, 0.25) is 0 Å². The zero-order valence-corrected chi connectivity index (χ0v) is 15.8. The molecule has 0 unspecified atom stereocenters. The third-order valence-corrected chi connectivity index (χ3v) is 5.31. The number of aryl methyl sites for hydroxylation is 2. The van der Waals surface area contributed by atoms with Gasteiger partial charge in [-0.2, -0.15) is 0 Å². The SMILES string of the molecule is Cc1ccc(C(=O)CN2C(=O)C(=O)N(CCC3=CCCCC3)C2=O)cc1C. The maximum absolute atomic E-state index is 12.5. The van der Waals surface area contributed by atoms with E-state index in [2.05, 4.69) is 6.08 Å². The van der Waals surface area contributed by atoms with E-state index in [1.54, 1.807) is 12.1 Å². The van der Waals surface area contributed by atoms with Crippen molar-refractivity contribution in [2.45, 2.75) is 46.0 Å². The summed E-state index contributed by atoms with van der Waals surface area (Å²) in [5.74, 6) is -2.12. The molecule has 1 aromatic rings. The van der Waals surface area contributed by atoms with Crippen molar-refractivity contribution in [3.8, 4) is 0 Å². The largest absolute Gasteiger partial charge is 0.334 e. The Bertz CT molecular complexity index is 841. The monoisotopic (exact) mass is 368 g/mol. The van der Waals surface area contributed by atoms with Crippen LogP contribution in [0.5, 0.6) is 0 Å². The van der Waals surface area contributed by atoms with E-state index in [4.69, 9.17) is 0 Å². The number of carbonyl (C=O) groups excluding carboxylic acids is 4. The van der Waals surface area contributed by atoms with Gasteiger partial charge in [-0.05, 0) is 63.1 Å². The van der Waals surface area contributed by atoms with Gasteiger partial charge in [0.1, 0.15) is 0 Å². The third kappa shape index (κ3) is 3.99. The predicted octanol–water partition coefficient (Wildman–Crippen LogP) is 3.17. The van der Waals surface area contributed by atoms with Crippen LogP contribution in [-0.4, -0.2) is 46.5 Å². The fraction of sp³-hybridized carbons (Fsp3) is 0.429. The predicted molar refractivity (Wildman–Crippen MR) is 100 cm³/mol. The minimum atomic E-state index is -0.921. The first-order valence-electron chi connectivity index (χ1n) is 9.34. The number of imide groups is 2. The quantitative estimate of drug-likeness (QED) is 0.335. The Kier molecular flexibility index (Phi) is 5.54. The van der Waals surface area contributed by atoms with Crippen molar-refractivity contribution in [1.29, 1.82) is 0 Å². The van der Waals surface area contributed by atoms with Gasteiger partial charge in [0.15, 0.2) is 5.78 Å². The lowest BCUT2D eigenvalue weighted by molar-refractivity contribution is -0.143. The lowest BCUT2D eigenvalue weighted by Gasteiger charge is -2.17. The number of urea groups is 1. The molecule has 0 bridgehead atoms.